The van der Waals surface area contributed by atoms with Crippen LogP contribution in [0.5, 0.6) is 0 Å². The molecule has 0 N–H and O–H groups in total. The third-order valence-electron chi connectivity index (χ3n) is 4.22. The van der Waals surface area contributed by atoms with Gasteiger partial charge in [0.15, 0.2) is 0 Å². The van der Waals surface area contributed by atoms with Crippen LogP contribution >= 0.6 is 11.8 Å². The molecule has 3 rings (SSSR count). The molecule has 0 unspecified atom stereocenters. The Morgan fingerprint density at radius 1 is 1.28 bits per heavy atom. The van der Waals surface area contributed by atoms with Gasteiger partial charge in [0.25, 0.3) is 0 Å². The Balaban J connectivity index is 1.93. The lowest BCUT2D eigenvalue weighted by Crippen LogP contribution is -2.38. The van der Waals surface area contributed by atoms with Gasteiger partial charge >= 0.3 is 0 Å². The second kappa shape index (κ2) is 4.58. The van der Waals surface area contributed by atoms with E-state index < -0.39 is 0 Å². The third kappa shape index (κ3) is 1.93. The molecule has 18 heavy (non-hydrogen) atoms. The Hall–Kier alpha value is -1.02. The molecular formula is C16H18OS. The summed E-state index contributed by atoms with van der Waals surface area (Å²) in [6.45, 7) is 2.19. The van der Waals surface area contributed by atoms with E-state index in [0.717, 1.165) is 25.7 Å². The molecule has 0 aliphatic heterocycles. The smallest absolute Gasteiger partial charge is 0.149 e. The number of hydrogen-bond acceptors (Lipinski definition) is 2. The lowest BCUT2D eigenvalue weighted by molar-refractivity contribution is -0.119. The average Bonchev–Trinajstić information content (AvgIpc) is 2.69. The second-order valence-corrected chi connectivity index (χ2v) is 6.83. The molecule has 1 nitrogen and oxygen atoms in total. The number of allylic oxidation sites excluding steroid dienone is 2. The largest absolute Gasteiger partial charge is 0.298 e. The van der Waals surface area contributed by atoms with Gasteiger partial charge in [0.1, 0.15) is 5.78 Å². The first-order valence-electron chi connectivity index (χ1n) is 6.64. The highest BCUT2D eigenvalue weighted by Crippen LogP contribution is 2.53. The predicted octanol–water partition coefficient (Wildman–Crippen LogP) is 4.24. The molecule has 0 saturated heterocycles. The fourth-order valence-electron chi connectivity index (χ4n) is 3.20. The minimum absolute atomic E-state index is 0.166. The zero-order chi connectivity index (χ0) is 12.6. The first-order valence-corrected chi connectivity index (χ1v) is 7.45. The van der Waals surface area contributed by atoms with Crippen LogP contribution in [-0.4, -0.2) is 10.5 Å². The minimum atomic E-state index is -0.166. The number of rotatable bonds is 2. The average molecular weight is 258 g/mol. The fourth-order valence-corrected chi connectivity index (χ4v) is 4.67. The van der Waals surface area contributed by atoms with Gasteiger partial charge in [0, 0.05) is 11.3 Å². The minimum Gasteiger partial charge on any atom is -0.298 e. The van der Waals surface area contributed by atoms with E-state index in [4.69, 9.17) is 0 Å². The molecule has 0 spiro atoms. The summed E-state index contributed by atoms with van der Waals surface area (Å²) < 4.78 is -0.166. The molecule has 0 aromatic heterocycles. The predicted molar refractivity (Wildman–Crippen MR) is 75.8 cm³/mol. The van der Waals surface area contributed by atoms with Gasteiger partial charge in [-0.15, -0.1) is 11.8 Å². The molecule has 1 saturated carbocycles. The van der Waals surface area contributed by atoms with Crippen LogP contribution in [0.25, 0.3) is 0 Å². The van der Waals surface area contributed by atoms with Gasteiger partial charge < -0.3 is 0 Å². The van der Waals surface area contributed by atoms with Crippen LogP contribution in [0.4, 0.5) is 0 Å². The Labute approximate surface area is 113 Å². The number of benzene rings is 1. The zero-order valence-corrected chi connectivity index (χ0v) is 11.5. The molecule has 1 fully saturated rings. The van der Waals surface area contributed by atoms with Crippen LogP contribution in [0.1, 0.15) is 32.6 Å². The summed E-state index contributed by atoms with van der Waals surface area (Å²) in [5, 5.41) is 0. The van der Waals surface area contributed by atoms with Crippen molar-refractivity contribution in [2.75, 3.05) is 0 Å². The highest BCUT2D eigenvalue weighted by Gasteiger charge is 2.50. The number of hydrogen-bond donors (Lipinski definition) is 0. The Bertz CT molecular complexity index is 491. The van der Waals surface area contributed by atoms with E-state index in [1.807, 2.05) is 6.07 Å². The van der Waals surface area contributed by atoms with E-state index >= 15 is 0 Å². The van der Waals surface area contributed by atoms with Crippen molar-refractivity contribution in [3.8, 4) is 0 Å². The summed E-state index contributed by atoms with van der Waals surface area (Å²) in [6, 6.07) is 10.4. The molecule has 94 valence electrons. The maximum atomic E-state index is 12.4. The lowest BCUT2D eigenvalue weighted by Gasteiger charge is -2.36. The second-order valence-electron chi connectivity index (χ2n) is 5.42. The van der Waals surface area contributed by atoms with Crippen LogP contribution in [0.2, 0.25) is 0 Å². The summed E-state index contributed by atoms with van der Waals surface area (Å²) in [6.07, 6.45) is 6.14. The number of ketones is 1. The summed E-state index contributed by atoms with van der Waals surface area (Å²) >= 11 is 1.80. The van der Waals surface area contributed by atoms with Crippen LogP contribution < -0.4 is 0 Å². The molecule has 2 atom stereocenters. The number of carbonyl (C=O) groups is 1. The van der Waals surface area contributed by atoms with Crippen LogP contribution in [0.3, 0.4) is 0 Å². The van der Waals surface area contributed by atoms with Crippen LogP contribution in [0, 0.1) is 5.92 Å². The molecule has 0 amide bonds. The quantitative estimate of drug-likeness (QED) is 0.738. The van der Waals surface area contributed by atoms with Gasteiger partial charge in [0.05, 0.1) is 4.75 Å². The summed E-state index contributed by atoms with van der Waals surface area (Å²) in [5.41, 5.74) is 1.46. The maximum absolute atomic E-state index is 12.4. The maximum Gasteiger partial charge on any atom is 0.149 e. The number of carbonyl (C=O) groups excluding carboxylic acids is 1. The third-order valence-corrected chi connectivity index (χ3v) is 5.82. The van der Waals surface area contributed by atoms with Crippen molar-refractivity contribution < 1.29 is 4.79 Å². The van der Waals surface area contributed by atoms with Gasteiger partial charge in [-0.3, -0.25) is 4.79 Å². The fraction of sp³-hybridized carbons (Fsp3) is 0.438. The first-order chi connectivity index (χ1) is 8.71. The van der Waals surface area contributed by atoms with Gasteiger partial charge in [-0.05, 0) is 44.2 Å². The van der Waals surface area contributed by atoms with Gasteiger partial charge in [-0.25, -0.2) is 0 Å². The van der Waals surface area contributed by atoms with Crippen molar-refractivity contribution in [3.63, 3.8) is 0 Å². The SMILES string of the molecule is CC1=CC[C@@]2(Sc3ccccc3)C(=O)CC[C@H]2C1. The highest BCUT2D eigenvalue weighted by molar-refractivity contribution is 8.01. The lowest BCUT2D eigenvalue weighted by atomic mass is 9.81. The van der Waals surface area contributed by atoms with Crippen LogP contribution in [-0.2, 0) is 4.79 Å². The summed E-state index contributed by atoms with van der Waals surface area (Å²) in [7, 11) is 0. The number of Topliss-reactive ketones (excluding diaryl/α,β-unsaturated/α-hetero) is 1. The van der Waals surface area contributed by atoms with Crippen LogP contribution in [0.15, 0.2) is 46.9 Å². The number of fused-ring (bicyclic) bond motifs is 1. The van der Waals surface area contributed by atoms with Crippen molar-refractivity contribution in [1.29, 1.82) is 0 Å². The number of thioether (sulfide) groups is 1. The van der Waals surface area contributed by atoms with Crippen molar-refractivity contribution in [1.82, 2.24) is 0 Å². The highest BCUT2D eigenvalue weighted by atomic mass is 32.2. The molecular weight excluding hydrogens is 240 g/mol. The molecule has 2 heteroatoms. The molecule has 1 aromatic carbocycles. The standard InChI is InChI=1S/C16H18OS/c1-12-9-10-16(13(11-12)7-8-15(16)17)18-14-5-3-2-4-6-14/h2-6,9,13H,7-8,10-11H2,1H3/t13-,16-/m0/s1. The summed E-state index contributed by atoms with van der Waals surface area (Å²) in [5.74, 6) is 1.00. The van der Waals surface area contributed by atoms with Crippen molar-refractivity contribution in [2.45, 2.75) is 42.2 Å². The first kappa shape index (κ1) is 12.0. The van der Waals surface area contributed by atoms with E-state index in [1.54, 1.807) is 11.8 Å². The Morgan fingerprint density at radius 3 is 2.83 bits per heavy atom. The zero-order valence-electron chi connectivity index (χ0n) is 10.7. The molecule has 1 aromatic rings. The molecule has 0 radical (unpaired) electrons. The van der Waals surface area contributed by atoms with E-state index in [0.29, 0.717) is 11.7 Å². The van der Waals surface area contributed by atoms with Crippen molar-refractivity contribution in [3.05, 3.63) is 42.0 Å². The van der Waals surface area contributed by atoms with Crippen molar-refractivity contribution >= 4 is 17.5 Å². The molecule has 0 bridgehead atoms. The van der Waals surface area contributed by atoms with E-state index in [9.17, 15) is 4.79 Å². The van der Waals surface area contributed by atoms with E-state index in [-0.39, 0.29) is 4.75 Å². The monoisotopic (exact) mass is 258 g/mol. The molecule has 2 aliphatic carbocycles. The van der Waals surface area contributed by atoms with Gasteiger partial charge in [0.2, 0.25) is 0 Å². The van der Waals surface area contributed by atoms with Crippen molar-refractivity contribution in [2.24, 2.45) is 5.92 Å². The van der Waals surface area contributed by atoms with E-state index in [1.165, 1.54) is 10.5 Å². The molecule has 0 heterocycles. The van der Waals surface area contributed by atoms with E-state index in [2.05, 4.69) is 37.3 Å². The topological polar surface area (TPSA) is 17.1 Å². The Kier molecular flexibility index (Phi) is 3.06. The molecule has 2 aliphatic rings. The Morgan fingerprint density at radius 2 is 2.06 bits per heavy atom. The summed E-state index contributed by atoms with van der Waals surface area (Å²) in [4.78, 5) is 13.6. The van der Waals surface area contributed by atoms with Gasteiger partial charge in [-0.2, -0.15) is 0 Å². The van der Waals surface area contributed by atoms with Gasteiger partial charge in [-0.1, -0.05) is 29.8 Å². The normalized spacial score (nSPS) is 31.1.